The summed E-state index contributed by atoms with van der Waals surface area (Å²) in [4.78, 5) is 12.4. The van der Waals surface area contributed by atoms with Crippen LogP contribution in [0.1, 0.15) is 23.6 Å². The van der Waals surface area contributed by atoms with E-state index in [0.717, 1.165) is 26.0 Å². The molecule has 0 bridgehead atoms. The molecule has 128 valence electrons. The van der Waals surface area contributed by atoms with Crippen LogP contribution in [0.3, 0.4) is 0 Å². The monoisotopic (exact) mass is 446 g/mol. The zero-order chi connectivity index (χ0) is 18.4. The molecule has 1 amide bonds. The molecule has 2 rings (SSSR count). The van der Waals surface area contributed by atoms with Gasteiger partial charge in [0, 0.05) is 5.69 Å². The van der Waals surface area contributed by atoms with Crippen molar-refractivity contribution in [1.82, 2.24) is 0 Å². The van der Waals surface area contributed by atoms with Gasteiger partial charge in [-0.25, -0.2) is 0 Å². The predicted octanol–water partition coefficient (Wildman–Crippen LogP) is 4.85. The van der Waals surface area contributed by atoms with Crippen molar-refractivity contribution in [2.75, 3.05) is 11.9 Å². The fourth-order valence-corrected chi connectivity index (χ4v) is 2.91. The molecule has 0 aliphatic rings. The van der Waals surface area contributed by atoms with Gasteiger partial charge >= 0.3 is 0 Å². The first-order valence-electron chi connectivity index (χ1n) is 7.87. The Morgan fingerprint density at radius 1 is 1.24 bits per heavy atom. The quantitative estimate of drug-likeness (QED) is 0.406. The fraction of sp³-hybridized carbons (Fsp3) is 0.200. The average molecular weight is 446 g/mol. The molecule has 0 aliphatic heterocycles. The molecule has 0 saturated heterocycles. The Bertz CT molecular complexity index is 866. The van der Waals surface area contributed by atoms with E-state index >= 15 is 0 Å². The Morgan fingerprint density at radius 3 is 2.60 bits per heavy atom. The Hall–Kier alpha value is -2.33. The van der Waals surface area contributed by atoms with E-state index in [1.807, 2.05) is 63.2 Å². The number of benzene rings is 2. The van der Waals surface area contributed by atoms with Crippen molar-refractivity contribution in [2.45, 2.75) is 20.8 Å². The molecule has 2 aromatic rings. The molecular formula is C20H19IN2O2. The molecule has 1 N–H and O–H groups in total. The summed E-state index contributed by atoms with van der Waals surface area (Å²) in [5, 5.41) is 12.1. The van der Waals surface area contributed by atoms with E-state index in [1.54, 1.807) is 6.08 Å². The van der Waals surface area contributed by atoms with Crippen LogP contribution in [0.25, 0.3) is 6.08 Å². The molecule has 0 fully saturated rings. The third-order valence-corrected chi connectivity index (χ3v) is 4.54. The van der Waals surface area contributed by atoms with Gasteiger partial charge in [0.05, 0.1) is 10.2 Å². The van der Waals surface area contributed by atoms with E-state index in [2.05, 4.69) is 27.9 Å². The zero-order valence-electron chi connectivity index (χ0n) is 14.4. The minimum absolute atomic E-state index is 0.0539. The Balaban J connectivity index is 2.21. The van der Waals surface area contributed by atoms with Gasteiger partial charge in [-0.3, -0.25) is 4.79 Å². The standard InChI is InChI=1S/C20H19IN2O2/c1-4-25-19-8-6-15(11-18(19)21)10-16(12-22)20(24)23-17-7-5-13(2)14(3)9-17/h5-11H,4H2,1-3H3,(H,23,24)/b16-10+. The molecule has 0 atom stereocenters. The van der Waals surface area contributed by atoms with Crippen molar-refractivity contribution < 1.29 is 9.53 Å². The van der Waals surface area contributed by atoms with Crippen LogP contribution in [0.2, 0.25) is 0 Å². The van der Waals surface area contributed by atoms with Gasteiger partial charge in [-0.1, -0.05) is 12.1 Å². The first-order chi connectivity index (χ1) is 11.9. The molecule has 0 heterocycles. The van der Waals surface area contributed by atoms with Crippen LogP contribution < -0.4 is 10.1 Å². The number of nitrogens with one attached hydrogen (secondary N) is 1. The summed E-state index contributed by atoms with van der Waals surface area (Å²) >= 11 is 2.17. The number of hydrogen-bond donors (Lipinski definition) is 1. The topological polar surface area (TPSA) is 62.1 Å². The molecule has 4 nitrogen and oxygen atoms in total. The predicted molar refractivity (Wildman–Crippen MR) is 108 cm³/mol. The number of anilines is 1. The van der Waals surface area contributed by atoms with Crippen LogP contribution in [0.15, 0.2) is 42.0 Å². The molecule has 0 radical (unpaired) electrons. The highest BCUT2D eigenvalue weighted by Gasteiger charge is 2.11. The second-order valence-corrected chi connectivity index (χ2v) is 6.71. The lowest BCUT2D eigenvalue weighted by atomic mass is 10.1. The highest BCUT2D eigenvalue weighted by atomic mass is 127. The van der Waals surface area contributed by atoms with E-state index in [9.17, 15) is 10.1 Å². The van der Waals surface area contributed by atoms with E-state index in [-0.39, 0.29) is 5.57 Å². The number of nitrogens with zero attached hydrogens (tertiary/aromatic N) is 1. The van der Waals surface area contributed by atoms with Gasteiger partial charge in [-0.2, -0.15) is 5.26 Å². The summed E-state index contributed by atoms with van der Waals surface area (Å²) in [6, 6.07) is 13.2. The van der Waals surface area contributed by atoms with Crippen LogP contribution in [0.4, 0.5) is 5.69 Å². The lowest BCUT2D eigenvalue weighted by molar-refractivity contribution is -0.112. The molecular weight excluding hydrogens is 427 g/mol. The van der Waals surface area contributed by atoms with Crippen molar-refractivity contribution in [3.8, 4) is 11.8 Å². The molecule has 5 heteroatoms. The molecule has 25 heavy (non-hydrogen) atoms. The van der Waals surface area contributed by atoms with Crippen molar-refractivity contribution in [3.63, 3.8) is 0 Å². The highest BCUT2D eigenvalue weighted by Crippen LogP contribution is 2.23. The van der Waals surface area contributed by atoms with Crippen LogP contribution in [-0.2, 0) is 4.79 Å². The highest BCUT2D eigenvalue weighted by molar-refractivity contribution is 14.1. The normalized spacial score (nSPS) is 10.9. The van der Waals surface area contributed by atoms with Crippen molar-refractivity contribution in [2.24, 2.45) is 0 Å². The summed E-state index contributed by atoms with van der Waals surface area (Å²) in [5.41, 5.74) is 3.74. The van der Waals surface area contributed by atoms with Gasteiger partial charge in [0.15, 0.2) is 0 Å². The van der Waals surface area contributed by atoms with E-state index in [1.165, 1.54) is 0 Å². The maximum absolute atomic E-state index is 12.4. The van der Waals surface area contributed by atoms with Crippen LogP contribution in [0.5, 0.6) is 5.75 Å². The molecule has 2 aromatic carbocycles. The Labute approximate surface area is 161 Å². The van der Waals surface area contributed by atoms with E-state index in [0.29, 0.717) is 12.3 Å². The van der Waals surface area contributed by atoms with Gasteiger partial charge in [0.25, 0.3) is 5.91 Å². The number of carbonyl (C=O) groups excluding carboxylic acids is 1. The molecule has 0 saturated carbocycles. The first-order valence-corrected chi connectivity index (χ1v) is 8.95. The number of amides is 1. The maximum atomic E-state index is 12.4. The zero-order valence-corrected chi connectivity index (χ0v) is 16.5. The van der Waals surface area contributed by atoms with Gasteiger partial charge in [-0.05, 0) is 90.4 Å². The van der Waals surface area contributed by atoms with Crippen molar-refractivity contribution >= 4 is 40.3 Å². The smallest absolute Gasteiger partial charge is 0.266 e. The fourth-order valence-electron chi connectivity index (χ4n) is 2.21. The minimum Gasteiger partial charge on any atom is -0.493 e. The largest absolute Gasteiger partial charge is 0.493 e. The summed E-state index contributed by atoms with van der Waals surface area (Å²) < 4.78 is 6.43. The van der Waals surface area contributed by atoms with E-state index in [4.69, 9.17) is 4.74 Å². The summed E-state index contributed by atoms with van der Waals surface area (Å²) in [6.45, 7) is 6.50. The van der Waals surface area contributed by atoms with Crippen LogP contribution in [-0.4, -0.2) is 12.5 Å². The number of rotatable bonds is 5. The number of ether oxygens (including phenoxy) is 1. The lowest BCUT2D eigenvalue weighted by Gasteiger charge is -2.08. The van der Waals surface area contributed by atoms with Crippen molar-refractivity contribution in [1.29, 1.82) is 5.26 Å². The Morgan fingerprint density at radius 2 is 2.00 bits per heavy atom. The number of hydrogen-bond acceptors (Lipinski definition) is 3. The van der Waals surface area contributed by atoms with E-state index < -0.39 is 5.91 Å². The van der Waals surface area contributed by atoms with Gasteiger partial charge in [0.2, 0.25) is 0 Å². The molecule has 0 unspecified atom stereocenters. The molecule has 0 spiro atoms. The first kappa shape index (κ1) is 19.0. The number of nitriles is 1. The second kappa shape index (κ2) is 8.67. The lowest BCUT2D eigenvalue weighted by Crippen LogP contribution is -2.13. The minimum atomic E-state index is -0.422. The third-order valence-electron chi connectivity index (χ3n) is 3.70. The average Bonchev–Trinajstić information content (AvgIpc) is 2.58. The second-order valence-electron chi connectivity index (χ2n) is 5.55. The third kappa shape index (κ3) is 5.07. The summed E-state index contributed by atoms with van der Waals surface area (Å²) in [6.07, 6.45) is 1.58. The van der Waals surface area contributed by atoms with Gasteiger partial charge in [0.1, 0.15) is 17.4 Å². The Kier molecular flexibility index (Phi) is 6.59. The van der Waals surface area contributed by atoms with Gasteiger partial charge < -0.3 is 10.1 Å². The van der Waals surface area contributed by atoms with Crippen LogP contribution in [0, 0.1) is 28.7 Å². The number of halogens is 1. The summed E-state index contributed by atoms with van der Waals surface area (Å²) in [5.74, 6) is 0.369. The maximum Gasteiger partial charge on any atom is 0.266 e. The number of aryl methyl sites for hydroxylation is 2. The SMILES string of the molecule is CCOc1ccc(/C=C(\C#N)C(=O)Nc2ccc(C)c(C)c2)cc1I. The van der Waals surface area contributed by atoms with Gasteiger partial charge in [-0.15, -0.1) is 0 Å². The summed E-state index contributed by atoms with van der Waals surface area (Å²) in [7, 11) is 0. The van der Waals surface area contributed by atoms with Crippen molar-refractivity contribution in [3.05, 3.63) is 62.2 Å². The molecule has 0 aliphatic carbocycles. The molecule has 0 aromatic heterocycles. The van der Waals surface area contributed by atoms with Crippen LogP contribution >= 0.6 is 22.6 Å². The number of carbonyl (C=O) groups is 1.